The van der Waals surface area contributed by atoms with Crippen LogP contribution in [0.15, 0.2) is 42.6 Å². The lowest BCUT2D eigenvalue weighted by atomic mass is 9.83. The highest BCUT2D eigenvalue weighted by molar-refractivity contribution is 7.17. The lowest BCUT2D eigenvalue weighted by Gasteiger charge is -2.39. The number of fused-ring (bicyclic) bond motifs is 1. The highest BCUT2D eigenvalue weighted by atomic mass is 35.5. The first-order valence-electron chi connectivity index (χ1n) is 26.2. The van der Waals surface area contributed by atoms with Crippen molar-refractivity contribution in [1.82, 2.24) is 50.2 Å². The summed E-state index contributed by atoms with van der Waals surface area (Å²) in [6, 6.07) is 8.04. The predicted octanol–water partition coefficient (Wildman–Crippen LogP) is 5.51. The zero-order valence-electron chi connectivity index (χ0n) is 44.2. The molecule has 77 heavy (non-hydrogen) atoms. The van der Waals surface area contributed by atoms with E-state index in [4.69, 9.17) is 21.1 Å². The van der Waals surface area contributed by atoms with Crippen molar-refractivity contribution in [2.24, 2.45) is 13.0 Å². The first kappa shape index (κ1) is 56.8. The Labute approximate surface area is 455 Å². The monoisotopic (exact) mass is 1100 g/mol. The molecule has 8 rings (SSSR count). The zero-order valence-corrected chi connectivity index (χ0v) is 45.8. The molecular weight excluding hydrogens is 1040 g/mol. The summed E-state index contributed by atoms with van der Waals surface area (Å²) >= 11 is 7.51. The van der Waals surface area contributed by atoms with Crippen LogP contribution in [-0.4, -0.2) is 175 Å². The van der Waals surface area contributed by atoms with Crippen molar-refractivity contribution in [3.8, 4) is 0 Å². The molecule has 2 atom stereocenters. The maximum absolute atomic E-state index is 14.7. The van der Waals surface area contributed by atoms with E-state index in [9.17, 15) is 32.8 Å². The van der Waals surface area contributed by atoms with Crippen molar-refractivity contribution >= 4 is 85.8 Å². The number of ether oxygens (including phenoxy) is 2. The van der Waals surface area contributed by atoms with Gasteiger partial charge in [0.2, 0.25) is 11.8 Å². The molecule has 24 heteroatoms. The van der Waals surface area contributed by atoms with Gasteiger partial charge in [0.05, 0.1) is 60.5 Å². The summed E-state index contributed by atoms with van der Waals surface area (Å²) in [6.45, 7) is 11.2. The number of aromatic nitrogens is 4. The van der Waals surface area contributed by atoms with Crippen molar-refractivity contribution in [3.05, 3.63) is 86.8 Å². The summed E-state index contributed by atoms with van der Waals surface area (Å²) in [5.41, 5.74) is 1.47. The summed E-state index contributed by atoms with van der Waals surface area (Å²) in [4.78, 5) is 89.9. The summed E-state index contributed by atoms with van der Waals surface area (Å²) in [6.07, 6.45) is 6.24. The first-order chi connectivity index (χ1) is 37.1. The number of carbonyl (C=O) groups is 5. The minimum absolute atomic E-state index is 0.0110. The molecule has 1 saturated carbocycles. The fourth-order valence-electron chi connectivity index (χ4n) is 9.98. The fourth-order valence-corrected chi connectivity index (χ4v) is 11.0. The van der Waals surface area contributed by atoms with Crippen LogP contribution in [-0.2, 0) is 26.1 Å². The number of hydrogen-bond acceptors (Lipinski definition) is 15. The number of para-hydroxylation sites is 1. The molecule has 2 aliphatic heterocycles. The molecule has 5 amide bonds. The van der Waals surface area contributed by atoms with Crippen LogP contribution in [0.2, 0.25) is 5.02 Å². The quantitative estimate of drug-likeness (QED) is 0.0573. The van der Waals surface area contributed by atoms with Gasteiger partial charge in [0.1, 0.15) is 34.1 Å². The fraction of sp³-hybridized carbons (Fsp3) is 0.509. The molecule has 5 aromatic rings. The van der Waals surface area contributed by atoms with Gasteiger partial charge >= 0.3 is 0 Å². The number of benzene rings is 2. The van der Waals surface area contributed by atoms with Gasteiger partial charge in [-0.05, 0) is 64.3 Å². The van der Waals surface area contributed by atoms with Gasteiger partial charge in [-0.15, -0.1) is 0 Å². The third-order valence-corrected chi connectivity index (χ3v) is 15.7. The second kappa shape index (κ2) is 26.3. The van der Waals surface area contributed by atoms with E-state index >= 15 is 0 Å². The molecule has 0 spiro atoms. The lowest BCUT2D eigenvalue weighted by molar-refractivity contribution is -0.140. The second-order valence-electron chi connectivity index (χ2n) is 19.6. The minimum atomic E-state index is -1.16. The van der Waals surface area contributed by atoms with Crippen LogP contribution >= 0.6 is 22.9 Å². The van der Waals surface area contributed by atoms with E-state index < -0.39 is 35.5 Å². The van der Waals surface area contributed by atoms with Crippen LogP contribution in [0.4, 0.5) is 31.2 Å². The van der Waals surface area contributed by atoms with Crippen LogP contribution in [0, 0.1) is 31.4 Å². The Morgan fingerprint density at radius 2 is 1.56 bits per heavy atom. The Kier molecular flexibility index (Phi) is 19.4. The van der Waals surface area contributed by atoms with Crippen LogP contribution in [0.1, 0.15) is 80.9 Å². The van der Waals surface area contributed by atoms with E-state index in [1.807, 2.05) is 32.0 Å². The molecule has 5 N–H and O–H groups in total. The molecule has 0 bridgehead atoms. The molecule has 3 aromatic heterocycles. The zero-order chi connectivity index (χ0) is 54.8. The number of piperazine rings is 2. The average Bonchev–Trinajstić information content (AvgIpc) is 4.10. The van der Waals surface area contributed by atoms with Crippen molar-refractivity contribution < 1.29 is 42.2 Å². The average molecular weight is 1100 g/mol. The molecule has 2 aromatic carbocycles. The van der Waals surface area contributed by atoms with E-state index in [1.165, 1.54) is 34.0 Å². The van der Waals surface area contributed by atoms with E-state index in [0.29, 0.717) is 45.6 Å². The van der Waals surface area contributed by atoms with Gasteiger partial charge in [0, 0.05) is 90.0 Å². The normalized spacial score (nSPS) is 16.3. The Hall–Kier alpha value is -6.37. The van der Waals surface area contributed by atoms with E-state index in [1.54, 1.807) is 24.9 Å². The third kappa shape index (κ3) is 14.0. The van der Waals surface area contributed by atoms with Crippen LogP contribution < -0.4 is 31.5 Å². The summed E-state index contributed by atoms with van der Waals surface area (Å²) in [7, 11) is 3.22. The number of halogens is 3. The van der Waals surface area contributed by atoms with Crippen molar-refractivity contribution in [1.29, 1.82) is 0 Å². The number of anilines is 4. The molecule has 2 unspecified atom stereocenters. The third-order valence-electron chi connectivity index (χ3n) is 14.5. The van der Waals surface area contributed by atoms with E-state index in [2.05, 4.69) is 51.3 Å². The molecule has 3 aliphatic rings. The molecule has 414 valence electrons. The number of likely N-dealkylation sites (N-methyl/N-ethyl adjacent to an activating group) is 1. The molecule has 0 radical (unpaired) electrons. The molecule has 3 fully saturated rings. The topological polar surface area (TPSA) is 221 Å². The van der Waals surface area contributed by atoms with E-state index in [0.717, 1.165) is 88.3 Å². The number of rotatable bonds is 21. The van der Waals surface area contributed by atoms with Gasteiger partial charge in [0.25, 0.3) is 17.7 Å². The highest BCUT2D eigenvalue weighted by Crippen LogP contribution is 2.32. The SMILES string of the molecule is CNC(C)C(=O)NC(C(=O)N1CCN(C(=O)c2c(C(=O)NCCOCCOCCN3CCN(c4cc(Nc5ncc(C(=O)Nc6c(C)cccc6Cl)s5)nc(C)n4)CC3)c3cc(F)c(F)cc3n2C)CC1)C1CCCCC1. The largest absolute Gasteiger partial charge is 0.378 e. The maximum Gasteiger partial charge on any atom is 0.271 e. The predicted molar refractivity (Wildman–Crippen MR) is 291 cm³/mol. The van der Waals surface area contributed by atoms with Crippen molar-refractivity contribution in [2.45, 2.75) is 65.0 Å². The standard InChI is InChI=1S/C53H68ClF2N13O7S/c1-32-10-9-13-37(54)45(32)63-49(71)41-31-59-53(77-41)62-42-30-43(61-34(3)60-42)67-17-15-66(16-18-67)23-25-76-27-26-75-24-14-58-50(72)44-36-28-38(55)39(56)29-40(36)65(5)47(44)52(74)69-21-19-68(20-22-69)51(73)46(35-11-7-6-8-12-35)64-48(70)33(2)57-4/h9-10,13,28-31,33,35,46,57H,6-8,11-12,14-27H2,1-5H3,(H,58,72)(H,63,71)(H,64,70)(H,59,60,61,62). The van der Waals surface area contributed by atoms with Gasteiger partial charge in [-0.1, -0.05) is 54.3 Å². The lowest BCUT2D eigenvalue weighted by Crippen LogP contribution is -2.59. The Morgan fingerprint density at radius 1 is 0.857 bits per heavy atom. The van der Waals surface area contributed by atoms with Gasteiger partial charge < -0.3 is 55.3 Å². The summed E-state index contributed by atoms with van der Waals surface area (Å²) < 4.78 is 42.3. The number of amides is 5. The highest BCUT2D eigenvalue weighted by Gasteiger charge is 2.38. The number of carbonyl (C=O) groups excluding carboxylic acids is 5. The molecule has 1 aliphatic carbocycles. The Morgan fingerprint density at radius 3 is 2.27 bits per heavy atom. The van der Waals surface area contributed by atoms with Gasteiger partial charge in [-0.3, -0.25) is 28.9 Å². The van der Waals surface area contributed by atoms with Crippen molar-refractivity contribution in [3.63, 3.8) is 0 Å². The second-order valence-corrected chi connectivity index (χ2v) is 21.0. The number of nitrogens with one attached hydrogen (secondary N) is 5. The number of nitrogens with zero attached hydrogens (tertiary/aromatic N) is 8. The molecule has 5 heterocycles. The number of thiazole rings is 1. The van der Waals surface area contributed by atoms with Crippen LogP contribution in [0.25, 0.3) is 10.9 Å². The van der Waals surface area contributed by atoms with Crippen LogP contribution in [0.3, 0.4) is 0 Å². The number of hydrogen-bond donors (Lipinski definition) is 5. The number of aryl methyl sites for hydroxylation is 3. The molecule has 20 nitrogen and oxygen atoms in total. The molecular formula is C53H68ClF2N13O7S. The van der Waals surface area contributed by atoms with Gasteiger partial charge in [-0.25, -0.2) is 23.7 Å². The maximum atomic E-state index is 14.7. The molecule has 2 saturated heterocycles. The van der Waals surface area contributed by atoms with Gasteiger partial charge in [-0.2, -0.15) is 0 Å². The van der Waals surface area contributed by atoms with E-state index in [-0.39, 0.29) is 91.7 Å². The summed E-state index contributed by atoms with van der Waals surface area (Å²) in [5, 5.41) is 15.9. The first-order valence-corrected chi connectivity index (χ1v) is 27.4. The van der Waals surface area contributed by atoms with Gasteiger partial charge in [0.15, 0.2) is 16.8 Å². The van der Waals surface area contributed by atoms with Crippen LogP contribution in [0.5, 0.6) is 0 Å². The smallest absolute Gasteiger partial charge is 0.271 e. The summed E-state index contributed by atoms with van der Waals surface area (Å²) in [5.74, 6) is -2.23. The van der Waals surface area contributed by atoms with Crippen molar-refractivity contribution in [2.75, 3.05) is 114 Å². The minimum Gasteiger partial charge on any atom is -0.378 e. The Balaban J connectivity index is 0.760. The Bertz CT molecular complexity index is 2900.